The molecule has 0 N–H and O–H groups in total. The summed E-state index contributed by atoms with van der Waals surface area (Å²) in [5, 5.41) is 5.35. The molecule has 0 spiro atoms. The molecule has 7 heteroatoms. The molecule has 0 fully saturated rings. The number of benzene rings is 2. The Labute approximate surface area is 178 Å². The van der Waals surface area contributed by atoms with Crippen LogP contribution in [-0.4, -0.2) is 31.3 Å². The zero-order valence-electron chi connectivity index (χ0n) is 16.5. The Balaban J connectivity index is 1.62. The molecular weight excluding hydrogens is 398 g/mol. The Morgan fingerprint density at radius 3 is 2.60 bits per heavy atom. The molecule has 0 saturated heterocycles. The molecule has 0 amide bonds. The third kappa shape index (κ3) is 3.11. The molecule has 6 nitrogen and oxygen atoms in total. The second-order valence-corrected chi connectivity index (χ2v) is 7.32. The number of rotatable bonds is 4. The van der Waals surface area contributed by atoms with Crippen LogP contribution in [0.15, 0.2) is 73.3 Å². The van der Waals surface area contributed by atoms with Crippen LogP contribution >= 0.6 is 11.6 Å². The quantitative estimate of drug-likeness (QED) is 0.404. The number of aryl methyl sites for hydroxylation is 1. The van der Waals surface area contributed by atoms with Gasteiger partial charge in [-0.1, -0.05) is 29.8 Å². The summed E-state index contributed by atoms with van der Waals surface area (Å²) in [6.07, 6.45) is 5.61. The normalized spacial score (nSPS) is 11.2. The Kier molecular flexibility index (Phi) is 4.48. The summed E-state index contributed by atoms with van der Waals surface area (Å²) in [7, 11) is 1.65. The van der Waals surface area contributed by atoms with E-state index in [2.05, 4.69) is 10.1 Å². The number of fused-ring (bicyclic) bond motifs is 1. The van der Waals surface area contributed by atoms with Gasteiger partial charge < -0.3 is 9.30 Å². The third-order valence-corrected chi connectivity index (χ3v) is 5.28. The summed E-state index contributed by atoms with van der Waals surface area (Å²) in [5.41, 5.74) is 5.30. The summed E-state index contributed by atoms with van der Waals surface area (Å²) < 4.78 is 9.33. The van der Waals surface area contributed by atoms with Crippen molar-refractivity contribution in [2.45, 2.75) is 6.92 Å². The molecule has 0 aliphatic carbocycles. The topological polar surface area (TPSA) is 57.2 Å². The summed E-state index contributed by atoms with van der Waals surface area (Å²) in [6.45, 7) is 1.95. The average Bonchev–Trinajstić information content (AvgIpc) is 3.40. The Morgan fingerprint density at radius 1 is 1.00 bits per heavy atom. The molecule has 30 heavy (non-hydrogen) atoms. The summed E-state index contributed by atoms with van der Waals surface area (Å²) >= 11 is 6.42. The average molecular weight is 416 g/mol. The summed E-state index contributed by atoms with van der Waals surface area (Å²) in [5.74, 6) is 1.33. The van der Waals surface area contributed by atoms with Gasteiger partial charge in [0, 0.05) is 34.1 Å². The van der Waals surface area contributed by atoms with Gasteiger partial charge in [-0.3, -0.25) is 0 Å². The van der Waals surface area contributed by atoms with Crippen LogP contribution in [0, 0.1) is 6.92 Å². The van der Waals surface area contributed by atoms with Crippen LogP contribution in [-0.2, 0) is 0 Å². The lowest BCUT2D eigenvalue weighted by molar-refractivity contribution is 0.413. The smallest absolute Gasteiger partial charge is 0.182 e. The van der Waals surface area contributed by atoms with Gasteiger partial charge in [-0.25, -0.2) is 14.5 Å². The molecule has 3 heterocycles. The van der Waals surface area contributed by atoms with E-state index in [1.165, 1.54) is 0 Å². The first-order chi connectivity index (χ1) is 14.6. The first-order valence-electron chi connectivity index (χ1n) is 9.44. The third-order valence-electron chi connectivity index (χ3n) is 4.95. The van der Waals surface area contributed by atoms with Crippen LogP contribution < -0.4 is 4.74 Å². The zero-order chi connectivity index (χ0) is 20.7. The highest BCUT2D eigenvalue weighted by Crippen LogP contribution is 2.32. The fraction of sp³-hybridized carbons (Fsp3) is 0.0870. The highest BCUT2D eigenvalue weighted by Gasteiger charge is 2.15. The van der Waals surface area contributed by atoms with Crippen molar-refractivity contribution in [2.24, 2.45) is 0 Å². The van der Waals surface area contributed by atoms with Crippen molar-refractivity contribution < 1.29 is 4.74 Å². The molecule has 5 rings (SSSR count). The minimum atomic E-state index is 0.612. The summed E-state index contributed by atoms with van der Waals surface area (Å²) in [4.78, 5) is 9.09. The number of halogens is 1. The molecule has 3 aromatic heterocycles. The van der Waals surface area contributed by atoms with Gasteiger partial charge in [0.25, 0.3) is 0 Å². The molecular formula is C23H18ClN5O. The molecule has 0 bridgehead atoms. The number of hydrogen-bond donors (Lipinski definition) is 0. The fourth-order valence-corrected chi connectivity index (χ4v) is 3.74. The molecule has 0 atom stereocenters. The molecule has 2 aromatic carbocycles. The van der Waals surface area contributed by atoms with Gasteiger partial charge in [0.05, 0.1) is 24.8 Å². The highest BCUT2D eigenvalue weighted by molar-refractivity contribution is 6.33. The standard InChI is InChI=1S/C23H18ClN5O/c1-15-13-28(14-25-15)20-10-9-16(12-21(20)30-2)22-26-23-18(7-5-11-29(23)27-22)17-6-3-4-8-19(17)24/h3-14H,1-2H3. The molecule has 148 valence electrons. The number of hydrogen-bond acceptors (Lipinski definition) is 4. The maximum absolute atomic E-state index is 6.42. The number of imidazole rings is 1. The number of aromatic nitrogens is 5. The van der Waals surface area contributed by atoms with Crippen LogP contribution in [0.1, 0.15) is 5.69 Å². The number of ether oxygens (including phenoxy) is 1. The van der Waals surface area contributed by atoms with Gasteiger partial charge >= 0.3 is 0 Å². The highest BCUT2D eigenvalue weighted by atomic mass is 35.5. The van der Waals surface area contributed by atoms with Crippen molar-refractivity contribution in [1.29, 1.82) is 0 Å². The van der Waals surface area contributed by atoms with Crippen molar-refractivity contribution >= 4 is 17.2 Å². The maximum atomic E-state index is 6.42. The van der Waals surface area contributed by atoms with Crippen molar-refractivity contribution in [1.82, 2.24) is 24.1 Å². The largest absolute Gasteiger partial charge is 0.495 e. The van der Waals surface area contributed by atoms with E-state index in [0.717, 1.165) is 39.5 Å². The van der Waals surface area contributed by atoms with E-state index in [4.69, 9.17) is 21.3 Å². The second kappa shape index (κ2) is 7.31. The van der Waals surface area contributed by atoms with E-state index in [1.807, 2.05) is 78.5 Å². The first kappa shape index (κ1) is 18.4. The molecule has 0 saturated carbocycles. The van der Waals surface area contributed by atoms with Crippen LogP contribution in [0.4, 0.5) is 0 Å². The van der Waals surface area contributed by atoms with Gasteiger partial charge in [0.15, 0.2) is 11.5 Å². The van der Waals surface area contributed by atoms with Gasteiger partial charge in [0.1, 0.15) is 5.75 Å². The Hall–Kier alpha value is -3.64. The molecule has 0 unspecified atom stereocenters. The van der Waals surface area contributed by atoms with Crippen LogP contribution in [0.3, 0.4) is 0 Å². The molecule has 0 aliphatic rings. The molecule has 0 aliphatic heterocycles. The van der Waals surface area contributed by atoms with Gasteiger partial charge in [-0.2, -0.15) is 0 Å². The lowest BCUT2D eigenvalue weighted by Gasteiger charge is -2.10. The minimum Gasteiger partial charge on any atom is -0.495 e. The number of pyridine rings is 1. The minimum absolute atomic E-state index is 0.612. The van der Waals surface area contributed by atoms with E-state index >= 15 is 0 Å². The SMILES string of the molecule is COc1cc(-c2nc3c(-c4ccccc4Cl)cccn3n2)ccc1-n1cnc(C)c1. The Morgan fingerprint density at radius 2 is 1.83 bits per heavy atom. The van der Waals surface area contributed by atoms with E-state index in [9.17, 15) is 0 Å². The lowest BCUT2D eigenvalue weighted by Crippen LogP contribution is -1.96. The lowest BCUT2D eigenvalue weighted by atomic mass is 10.1. The Bertz CT molecular complexity index is 1370. The van der Waals surface area contributed by atoms with Crippen LogP contribution in [0.2, 0.25) is 5.02 Å². The van der Waals surface area contributed by atoms with Crippen molar-refractivity contribution in [3.05, 3.63) is 84.0 Å². The van der Waals surface area contributed by atoms with Gasteiger partial charge in [-0.15, -0.1) is 5.10 Å². The fourth-order valence-electron chi connectivity index (χ4n) is 3.50. The van der Waals surface area contributed by atoms with E-state index in [-0.39, 0.29) is 0 Å². The second-order valence-electron chi connectivity index (χ2n) is 6.91. The number of methoxy groups -OCH3 is 1. The maximum Gasteiger partial charge on any atom is 0.182 e. The summed E-state index contributed by atoms with van der Waals surface area (Å²) in [6, 6.07) is 17.6. The number of nitrogens with zero attached hydrogens (tertiary/aromatic N) is 5. The van der Waals surface area contributed by atoms with Crippen LogP contribution in [0.5, 0.6) is 5.75 Å². The first-order valence-corrected chi connectivity index (χ1v) is 9.81. The van der Waals surface area contributed by atoms with Crippen molar-refractivity contribution in [3.8, 4) is 34.0 Å². The van der Waals surface area contributed by atoms with Gasteiger partial charge in [0.2, 0.25) is 0 Å². The van der Waals surface area contributed by atoms with Crippen molar-refractivity contribution in [2.75, 3.05) is 7.11 Å². The van der Waals surface area contributed by atoms with Crippen LogP contribution in [0.25, 0.3) is 33.8 Å². The van der Waals surface area contributed by atoms with Gasteiger partial charge in [-0.05, 0) is 43.3 Å². The monoisotopic (exact) mass is 415 g/mol. The van der Waals surface area contributed by atoms with E-state index in [0.29, 0.717) is 10.8 Å². The van der Waals surface area contributed by atoms with Crippen molar-refractivity contribution in [3.63, 3.8) is 0 Å². The zero-order valence-corrected chi connectivity index (χ0v) is 17.2. The van der Waals surface area contributed by atoms with E-state index < -0.39 is 0 Å². The van der Waals surface area contributed by atoms with E-state index in [1.54, 1.807) is 18.0 Å². The predicted octanol–water partition coefficient (Wildman–Crippen LogP) is 5.22. The molecule has 0 radical (unpaired) electrons. The predicted molar refractivity (Wildman–Crippen MR) is 117 cm³/mol. The molecule has 5 aromatic rings.